The van der Waals surface area contributed by atoms with Crippen LogP contribution >= 0.6 is 0 Å². The van der Waals surface area contributed by atoms with Crippen molar-refractivity contribution < 1.29 is 27.9 Å². The van der Waals surface area contributed by atoms with Gasteiger partial charge in [0.25, 0.3) is 0 Å². The van der Waals surface area contributed by atoms with Crippen LogP contribution in [0.2, 0.25) is 0 Å². The van der Waals surface area contributed by atoms with Crippen LogP contribution in [0.4, 0.5) is 19.0 Å². The third kappa shape index (κ3) is 6.19. The number of aromatic nitrogens is 4. The van der Waals surface area contributed by atoms with Crippen LogP contribution in [0.1, 0.15) is 19.4 Å². The van der Waals surface area contributed by atoms with E-state index in [1.54, 1.807) is 12.4 Å². The first-order chi connectivity index (χ1) is 16.5. The summed E-state index contributed by atoms with van der Waals surface area (Å²) in [5, 5.41) is 14.5. The van der Waals surface area contributed by atoms with Crippen molar-refractivity contribution in [1.29, 1.82) is 0 Å². The van der Waals surface area contributed by atoms with E-state index in [0.29, 0.717) is 5.82 Å². The Morgan fingerprint density at radius 2 is 1.74 bits per heavy atom. The van der Waals surface area contributed by atoms with Gasteiger partial charge in [-0.05, 0) is 37.3 Å². The zero-order chi connectivity index (χ0) is 25.8. The van der Waals surface area contributed by atoms with Crippen molar-refractivity contribution in [1.82, 2.24) is 19.6 Å². The van der Waals surface area contributed by atoms with Crippen LogP contribution in [0.5, 0.6) is 0 Å². The molecular weight excluding hydrogens is 463 g/mol. The highest BCUT2D eigenvalue weighted by molar-refractivity contribution is 5.92. The molecule has 4 rings (SSSR count). The third-order valence-corrected chi connectivity index (χ3v) is 4.74. The van der Waals surface area contributed by atoms with Crippen LogP contribution < -0.4 is 5.32 Å². The summed E-state index contributed by atoms with van der Waals surface area (Å²) >= 11 is 0. The standard InChI is InChI=1S/C22H21N5O.C2HF3O2/c1-14(2)22(28)25-18-13-17(9-11-23-18)21-20(16-7-4-6-15(3)12-16)26-19-8-5-10-24-27(19)21;3-2(4,5)1(6)7/h4-14H,1-3H3,(H,23,25,28);(H,6,7). The number of imidazole rings is 1. The van der Waals surface area contributed by atoms with Gasteiger partial charge in [0.2, 0.25) is 5.91 Å². The second-order valence-electron chi connectivity index (χ2n) is 7.85. The molecule has 3 aromatic heterocycles. The van der Waals surface area contributed by atoms with Crippen LogP contribution in [0.15, 0.2) is 60.9 Å². The van der Waals surface area contributed by atoms with Crippen molar-refractivity contribution in [3.8, 4) is 22.5 Å². The van der Waals surface area contributed by atoms with Crippen LogP contribution in [0.25, 0.3) is 28.2 Å². The van der Waals surface area contributed by atoms with E-state index in [1.807, 2.05) is 54.8 Å². The molecule has 11 heteroatoms. The molecule has 0 bridgehead atoms. The zero-order valence-corrected chi connectivity index (χ0v) is 19.0. The van der Waals surface area contributed by atoms with E-state index in [4.69, 9.17) is 14.9 Å². The number of nitrogens with one attached hydrogen (secondary N) is 1. The van der Waals surface area contributed by atoms with Gasteiger partial charge in [-0.15, -0.1) is 0 Å². The molecule has 0 unspecified atom stereocenters. The van der Waals surface area contributed by atoms with Gasteiger partial charge in [0, 0.05) is 29.4 Å². The number of fused-ring (bicyclic) bond motifs is 1. The quantitative estimate of drug-likeness (QED) is 0.421. The Kier molecular flexibility index (Phi) is 7.48. The van der Waals surface area contributed by atoms with Gasteiger partial charge in [0.05, 0.1) is 5.69 Å². The second-order valence-corrected chi connectivity index (χ2v) is 7.85. The number of carbonyl (C=O) groups excluding carboxylic acids is 1. The fourth-order valence-electron chi connectivity index (χ4n) is 3.06. The van der Waals surface area contributed by atoms with Crippen molar-refractivity contribution in [2.75, 3.05) is 5.32 Å². The molecule has 0 radical (unpaired) electrons. The molecule has 0 spiro atoms. The summed E-state index contributed by atoms with van der Waals surface area (Å²) in [7, 11) is 0. The maximum atomic E-state index is 12.1. The van der Waals surface area contributed by atoms with E-state index in [0.717, 1.165) is 33.7 Å². The van der Waals surface area contributed by atoms with Gasteiger partial charge >= 0.3 is 12.1 Å². The van der Waals surface area contributed by atoms with Crippen LogP contribution in [-0.2, 0) is 9.59 Å². The number of aryl methyl sites for hydroxylation is 1. The molecule has 0 fully saturated rings. The maximum Gasteiger partial charge on any atom is 0.490 e. The molecule has 8 nitrogen and oxygen atoms in total. The van der Waals surface area contributed by atoms with E-state index in [-0.39, 0.29) is 11.8 Å². The topological polar surface area (TPSA) is 109 Å². The monoisotopic (exact) mass is 485 g/mol. The normalized spacial score (nSPS) is 11.2. The maximum absolute atomic E-state index is 12.1. The molecule has 0 saturated heterocycles. The Morgan fingerprint density at radius 1 is 1.03 bits per heavy atom. The lowest BCUT2D eigenvalue weighted by atomic mass is 10.0. The molecule has 2 N–H and O–H groups in total. The minimum atomic E-state index is -5.08. The van der Waals surface area contributed by atoms with E-state index in [1.165, 1.54) is 0 Å². The number of anilines is 1. The minimum absolute atomic E-state index is 0.0696. The molecule has 3 heterocycles. The number of hydrogen-bond acceptors (Lipinski definition) is 5. The minimum Gasteiger partial charge on any atom is -0.475 e. The second kappa shape index (κ2) is 10.3. The molecule has 182 valence electrons. The molecule has 0 aliphatic carbocycles. The van der Waals surface area contributed by atoms with Gasteiger partial charge in [-0.2, -0.15) is 18.3 Å². The average Bonchev–Trinajstić information content (AvgIpc) is 3.19. The number of carboxylic acid groups (broad SMARTS) is 1. The predicted octanol–water partition coefficient (Wildman–Crippen LogP) is 4.99. The molecule has 1 aromatic carbocycles. The Hall–Kier alpha value is -4.28. The lowest BCUT2D eigenvalue weighted by molar-refractivity contribution is -0.192. The first-order valence-corrected chi connectivity index (χ1v) is 10.5. The van der Waals surface area contributed by atoms with Crippen molar-refractivity contribution in [3.63, 3.8) is 0 Å². The molecule has 35 heavy (non-hydrogen) atoms. The zero-order valence-electron chi connectivity index (χ0n) is 19.0. The van der Waals surface area contributed by atoms with E-state index >= 15 is 0 Å². The largest absolute Gasteiger partial charge is 0.490 e. The highest BCUT2D eigenvalue weighted by atomic mass is 19.4. The number of amides is 1. The molecule has 4 aromatic rings. The SMILES string of the molecule is Cc1cccc(-c2nc3cccnn3c2-c2ccnc(NC(=O)C(C)C)c2)c1.O=C(O)C(F)(F)F. The number of aliphatic carboxylic acids is 1. The Balaban J connectivity index is 0.000000429. The lowest BCUT2D eigenvalue weighted by Crippen LogP contribution is -2.21. The van der Waals surface area contributed by atoms with Crippen LogP contribution in [0, 0.1) is 12.8 Å². The van der Waals surface area contributed by atoms with Crippen molar-refractivity contribution in [3.05, 3.63) is 66.5 Å². The number of benzene rings is 1. The summed E-state index contributed by atoms with van der Waals surface area (Å²) in [6.45, 7) is 5.76. The van der Waals surface area contributed by atoms with Gasteiger partial charge in [-0.25, -0.2) is 19.3 Å². The fraction of sp³-hybridized carbons (Fsp3) is 0.208. The summed E-state index contributed by atoms with van der Waals surface area (Å²) < 4.78 is 33.6. The first-order valence-electron chi connectivity index (χ1n) is 10.5. The first kappa shape index (κ1) is 25.3. The van der Waals surface area contributed by atoms with Crippen LogP contribution in [-0.4, -0.2) is 42.7 Å². The predicted molar refractivity (Wildman–Crippen MR) is 124 cm³/mol. The van der Waals surface area contributed by atoms with Gasteiger partial charge in [-0.1, -0.05) is 37.6 Å². The van der Waals surface area contributed by atoms with Crippen molar-refractivity contribution >= 4 is 23.3 Å². The Bertz CT molecular complexity index is 1370. The molecule has 0 atom stereocenters. The fourth-order valence-corrected chi connectivity index (χ4v) is 3.06. The lowest BCUT2D eigenvalue weighted by Gasteiger charge is -2.09. The number of hydrogen-bond donors (Lipinski definition) is 2. The molecule has 0 saturated carbocycles. The number of nitrogens with zero attached hydrogens (tertiary/aromatic N) is 4. The summed E-state index contributed by atoms with van der Waals surface area (Å²) in [5.74, 6) is -2.43. The number of rotatable bonds is 4. The number of alkyl halides is 3. The van der Waals surface area contributed by atoms with Crippen molar-refractivity contribution in [2.24, 2.45) is 5.92 Å². The number of carboxylic acids is 1. The Morgan fingerprint density at radius 3 is 2.37 bits per heavy atom. The number of pyridine rings is 1. The van der Waals surface area contributed by atoms with E-state index < -0.39 is 12.1 Å². The average molecular weight is 485 g/mol. The molecular formula is C24H22F3N5O3. The molecule has 0 aliphatic heterocycles. The highest BCUT2D eigenvalue weighted by Gasteiger charge is 2.38. The van der Waals surface area contributed by atoms with Crippen molar-refractivity contribution in [2.45, 2.75) is 26.9 Å². The summed E-state index contributed by atoms with van der Waals surface area (Å²) in [6.07, 6.45) is -1.66. The van der Waals surface area contributed by atoms with Crippen LogP contribution in [0.3, 0.4) is 0 Å². The highest BCUT2D eigenvalue weighted by Crippen LogP contribution is 2.33. The summed E-state index contributed by atoms with van der Waals surface area (Å²) in [6, 6.07) is 15.8. The summed E-state index contributed by atoms with van der Waals surface area (Å²) in [5.41, 5.74) is 5.53. The van der Waals surface area contributed by atoms with Gasteiger partial charge in [0.15, 0.2) is 5.65 Å². The Labute approximate surface area is 198 Å². The third-order valence-electron chi connectivity index (χ3n) is 4.74. The van der Waals surface area contributed by atoms with Gasteiger partial charge < -0.3 is 10.4 Å². The molecule has 1 amide bonds. The summed E-state index contributed by atoms with van der Waals surface area (Å²) in [4.78, 5) is 30.1. The van der Waals surface area contributed by atoms with E-state index in [9.17, 15) is 18.0 Å². The van der Waals surface area contributed by atoms with Gasteiger partial charge in [-0.3, -0.25) is 4.79 Å². The van der Waals surface area contributed by atoms with E-state index in [2.05, 4.69) is 34.5 Å². The number of carbonyl (C=O) groups is 2. The number of halogens is 3. The molecule has 0 aliphatic rings. The smallest absolute Gasteiger partial charge is 0.475 e. The van der Waals surface area contributed by atoms with Gasteiger partial charge in [0.1, 0.15) is 11.5 Å².